The van der Waals surface area contributed by atoms with E-state index in [0.717, 1.165) is 12.1 Å². The van der Waals surface area contributed by atoms with Crippen molar-refractivity contribution in [2.75, 3.05) is 5.32 Å². The lowest BCUT2D eigenvalue weighted by Crippen LogP contribution is -2.10. The Morgan fingerprint density at radius 3 is 2.59 bits per heavy atom. The lowest BCUT2D eigenvalue weighted by molar-refractivity contribution is 0.103. The summed E-state index contributed by atoms with van der Waals surface area (Å²) in [7, 11) is 0. The molecule has 2 rings (SSSR count). The van der Waals surface area contributed by atoms with Crippen LogP contribution in [0.25, 0.3) is 0 Å². The number of nitrogens with one attached hydrogen (secondary N) is 1. The molecule has 1 aromatic heterocycles. The van der Waals surface area contributed by atoms with E-state index in [1.165, 1.54) is 17.4 Å². The molecule has 0 unspecified atom stereocenters. The molecule has 0 atom stereocenters. The van der Waals surface area contributed by atoms with Gasteiger partial charge in [-0.1, -0.05) is 0 Å². The highest BCUT2D eigenvalue weighted by atomic mass is 32.1. The van der Waals surface area contributed by atoms with Crippen molar-refractivity contribution in [3.63, 3.8) is 0 Å². The van der Waals surface area contributed by atoms with Gasteiger partial charge in [-0.2, -0.15) is 0 Å². The number of hydrogen-bond acceptors (Lipinski definition) is 3. The van der Waals surface area contributed by atoms with E-state index < -0.39 is 11.6 Å². The maximum atomic E-state index is 12.9. The summed E-state index contributed by atoms with van der Waals surface area (Å²) in [4.78, 5) is 12.8. The van der Waals surface area contributed by atoms with Gasteiger partial charge in [-0.15, -0.1) is 24.0 Å². The standard InChI is InChI=1S/C11H7F2NOS2/c12-8-2-1-6(3-9(8)13)14-11(15)10-4-7(16)5-17-10/h1-5,16H,(H,14,15). The molecule has 6 heteroatoms. The summed E-state index contributed by atoms with van der Waals surface area (Å²) in [6, 6.07) is 4.79. The van der Waals surface area contributed by atoms with E-state index in [9.17, 15) is 13.6 Å². The van der Waals surface area contributed by atoms with Crippen molar-refractivity contribution in [3.05, 3.63) is 46.2 Å². The van der Waals surface area contributed by atoms with E-state index in [4.69, 9.17) is 0 Å². The van der Waals surface area contributed by atoms with Crippen molar-refractivity contribution in [2.24, 2.45) is 0 Å². The Morgan fingerprint density at radius 2 is 2.00 bits per heavy atom. The first-order chi connectivity index (χ1) is 8.06. The zero-order valence-electron chi connectivity index (χ0n) is 8.41. The predicted molar refractivity (Wildman–Crippen MR) is 65.9 cm³/mol. The van der Waals surface area contributed by atoms with E-state index in [-0.39, 0.29) is 11.6 Å². The van der Waals surface area contributed by atoms with Crippen LogP contribution in [0.15, 0.2) is 34.5 Å². The van der Waals surface area contributed by atoms with Crippen molar-refractivity contribution in [2.45, 2.75) is 4.90 Å². The fourth-order valence-electron chi connectivity index (χ4n) is 1.21. The average molecular weight is 271 g/mol. The van der Waals surface area contributed by atoms with Crippen LogP contribution < -0.4 is 5.32 Å². The number of halogens is 2. The molecule has 2 nitrogen and oxygen atoms in total. The van der Waals surface area contributed by atoms with Crippen molar-refractivity contribution < 1.29 is 13.6 Å². The summed E-state index contributed by atoms with van der Waals surface area (Å²) in [6.45, 7) is 0. The molecule has 88 valence electrons. The maximum Gasteiger partial charge on any atom is 0.265 e. The Morgan fingerprint density at radius 1 is 1.24 bits per heavy atom. The van der Waals surface area contributed by atoms with E-state index in [1.54, 1.807) is 11.4 Å². The van der Waals surface area contributed by atoms with Crippen LogP contribution in [0.3, 0.4) is 0 Å². The highest BCUT2D eigenvalue weighted by molar-refractivity contribution is 7.80. The number of rotatable bonds is 2. The van der Waals surface area contributed by atoms with Crippen molar-refractivity contribution in [1.82, 2.24) is 0 Å². The Balaban J connectivity index is 2.15. The van der Waals surface area contributed by atoms with Gasteiger partial charge in [0.05, 0.1) is 4.88 Å². The van der Waals surface area contributed by atoms with Crippen LogP contribution in [0.1, 0.15) is 9.67 Å². The highest BCUT2D eigenvalue weighted by Crippen LogP contribution is 2.20. The van der Waals surface area contributed by atoms with E-state index in [0.29, 0.717) is 9.77 Å². The van der Waals surface area contributed by atoms with Gasteiger partial charge in [0, 0.05) is 22.0 Å². The quantitative estimate of drug-likeness (QED) is 0.803. The number of carbonyl (C=O) groups is 1. The van der Waals surface area contributed by atoms with Gasteiger partial charge in [-0.05, 0) is 18.2 Å². The second-order valence-electron chi connectivity index (χ2n) is 3.25. The monoisotopic (exact) mass is 271 g/mol. The molecule has 0 saturated heterocycles. The fourth-order valence-corrected chi connectivity index (χ4v) is 2.26. The van der Waals surface area contributed by atoms with Gasteiger partial charge >= 0.3 is 0 Å². The number of hydrogen-bond donors (Lipinski definition) is 2. The highest BCUT2D eigenvalue weighted by Gasteiger charge is 2.10. The lowest BCUT2D eigenvalue weighted by atomic mass is 10.3. The average Bonchev–Trinajstić information content (AvgIpc) is 2.70. The number of thiophene rings is 1. The Bertz CT molecular complexity index is 568. The molecule has 17 heavy (non-hydrogen) atoms. The van der Waals surface area contributed by atoms with Gasteiger partial charge in [0.25, 0.3) is 5.91 Å². The van der Waals surface area contributed by atoms with Crippen molar-refractivity contribution >= 4 is 35.6 Å². The van der Waals surface area contributed by atoms with E-state index in [1.807, 2.05) is 0 Å². The summed E-state index contributed by atoms with van der Waals surface area (Å²) in [5.41, 5.74) is 0.211. The number of amides is 1. The van der Waals surface area contributed by atoms with Crippen molar-refractivity contribution in [1.29, 1.82) is 0 Å². The molecule has 0 aliphatic rings. The number of carbonyl (C=O) groups excluding carboxylic acids is 1. The Labute approximate surface area is 106 Å². The minimum absolute atomic E-state index is 0.211. The molecule has 1 amide bonds. The molecule has 1 heterocycles. The molecule has 1 aromatic carbocycles. The zero-order chi connectivity index (χ0) is 12.4. The van der Waals surface area contributed by atoms with Gasteiger partial charge in [-0.25, -0.2) is 8.78 Å². The van der Waals surface area contributed by atoms with E-state index >= 15 is 0 Å². The SMILES string of the molecule is O=C(Nc1ccc(F)c(F)c1)c1cc(S)cs1. The Hall–Kier alpha value is -1.40. The first kappa shape index (κ1) is 12.1. The third-order valence-corrected chi connectivity index (χ3v) is 3.35. The number of benzene rings is 1. The third-order valence-electron chi connectivity index (χ3n) is 1.99. The van der Waals surface area contributed by atoms with Crippen molar-refractivity contribution in [3.8, 4) is 0 Å². The summed E-state index contributed by atoms with van der Waals surface area (Å²) in [6.07, 6.45) is 0. The molecule has 0 fully saturated rings. The van der Waals surface area contributed by atoms with Crippen LogP contribution in [0, 0.1) is 11.6 Å². The van der Waals surface area contributed by atoms with Crippen LogP contribution in [0.2, 0.25) is 0 Å². The summed E-state index contributed by atoms with van der Waals surface area (Å²) in [5.74, 6) is -2.32. The topological polar surface area (TPSA) is 29.1 Å². The van der Waals surface area contributed by atoms with Gasteiger partial charge < -0.3 is 5.32 Å². The minimum Gasteiger partial charge on any atom is -0.321 e. The number of anilines is 1. The molecule has 0 aliphatic carbocycles. The molecule has 2 aromatic rings. The van der Waals surface area contributed by atoms with Gasteiger partial charge in [0.2, 0.25) is 0 Å². The lowest BCUT2D eigenvalue weighted by Gasteiger charge is -2.03. The van der Waals surface area contributed by atoms with Crippen LogP contribution in [-0.4, -0.2) is 5.91 Å². The minimum atomic E-state index is -0.996. The second kappa shape index (κ2) is 4.85. The van der Waals surface area contributed by atoms with Crippen LogP contribution in [0.4, 0.5) is 14.5 Å². The summed E-state index contributed by atoms with van der Waals surface area (Å²) >= 11 is 5.30. The zero-order valence-corrected chi connectivity index (χ0v) is 10.1. The second-order valence-corrected chi connectivity index (χ2v) is 4.68. The fraction of sp³-hybridized carbons (Fsp3) is 0. The molecule has 0 saturated carbocycles. The molecule has 0 spiro atoms. The van der Waals surface area contributed by atoms with Gasteiger partial charge in [0.15, 0.2) is 11.6 Å². The predicted octanol–water partition coefficient (Wildman–Crippen LogP) is 3.57. The largest absolute Gasteiger partial charge is 0.321 e. The normalized spacial score (nSPS) is 10.3. The molecular formula is C11H7F2NOS2. The third kappa shape index (κ3) is 2.83. The first-order valence-corrected chi connectivity index (χ1v) is 5.93. The smallest absolute Gasteiger partial charge is 0.265 e. The number of thiol groups is 1. The molecular weight excluding hydrogens is 264 g/mol. The summed E-state index contributed by atoms with van der Waals surface area (Å²) in [5, 5.41) is 4.18. The Kier molecular flexibility index (Phi) is 3.44. The first-order valence-electron chi connectivity index (χ1n) is 4.60. The van der Waals surface area contributed by atoms with Crippen LogP contribution in [-0.2, 0) is 0 Å². The maximum absolute atomic E-state index is 12.9. The summed E-state index contributed by atoms with van der Waals surface area (Å²) < 4.78 is 25.6. The molecule has 0 aliphatic heterocycles. The van der Waals surface area contributed by atoms with Gasteiger partial charge in [0.1, 0.15) is 0 Å². The molecule has 1 N–H and O–H groups in total. The van der Waals surface area contributed by atoms with Crippen LogP contribution in [0.5, 0.6) is 0 Å². The molecule has 0 bridgehead atoms. The molecule has 0 radical (unpaired) electrons. The van der Waals surface area contributed by atoms with Crippen LogP contribution >= 0.6 is 24.0 Å². The van der Waals surface area contributed by atoms with Gasteiger partial charge in [-0.3, -0.25) is 4.79 Å². The van der Waals surface area contributed by atoms with E-state index in [2.05, 4.69) is 17.9 Å².